The highest BCUT2D eigenvalue weighted by atomic mass is 16.4. The predicted molar refractivity (Wildman–Crippen MR) is 65.8 cm³/mol. The molecule has 0 bridgehead atoms. The third kappa shape index (κ3) is 8.86. The number of aliphatic hydroxyl groups excluding tert-OH is 1. The standard InChI is InChI=1S/C13H24O4/c1-10(14)8-6-4-3-5-7-9-12(15)11(2)13(16)17/h10-11,14H,3-9H2,1-2H3,(H,16,17). The Hall–Kier alpha value is -0.900. The number of carbonyl (C=O) groups is 2. The van der Waals surface area contributed by atoms with Crippen LogP contribution in [-0.4, -0.2) is 28.1 Å². The van der Waals surface area contributed by atoms with Crippen LogP contribution in [0.1, 0.15) is 58.8 Å². The molecule has 2 unspecified atom stereocenters. The SMILES string of the molecule is CC(O)CCCCCCCC(=O)C(C)C(=O)O. The van der Waals surface area contributed by atoms with Crippen molar-refractivity contribution in [2.45, 2.75) is 64.9 Å². The maximum atomic E-state index is 11.3. The molecule has 4 nitrogen and oxygen atoms in total. The van der Waals surface area contributed by atoms with Gasteiger partial charge < -0.3 is 10.2 Å². The summed E-state index contributed by atoms with van der Waals surface area (Å²) >= 11 is 0. The van der Waals surface area contributed by atoms with Gasteiger partial charge >= 0.3 is 5.97 Å². The molecule has 0 rings (SSSR count). The van der Waals surface area contributed by atoms with E-state index in [4.69, 9.17) is 10.2 Å². The maximum absolute atomic E-state index is 11.3. The molecule has 100 valence electrons. The molecular weight excluding hydrogens is 220 g/mol. The van der Waals surface area contributed by atoms with Crippen molar-refractivity contribution in [3.05, 3.63) is 0 Å². The van der Waals surface area contributed by atoms with Gasteiger partial charge in [-0.25, -0.2) is 0 Å². The fourth-order valence-corrected chi connectivity index (χ4v) is 1.62. The van der Waals surface area contributed by atoms with Gasteiger partial charge in [-0.3, -0.25) is 9.59 Å². The van der Waals surface area contributed by atoms with Crippen molar-refractivity contribution in [3.8, 4) is 0 Å². The molecule has 0 saturated heterocycles. The number of hydrogen-bond donors (Lipinski definition) is 2. The number of unbranched alkanes of at least 4 members (excludes halogenated alkanes) is 4. The lowest BCUT2D eigenvalue weighted by Gasteiger charge is -2.05. The molecule has 0 aromatic heterocycles. The first-order valence-corrected chi connectivity index (χ1v) is 6.38. The Morgan fingerprint density at radius 1 is 1.00 bits per heavy atom. The molecular formula is C13H24O4. The molecule has 0 saturated carbocycles. The summed E-state index contributed by atoms with van der Waals surface area (Å²) in [6.07, 6.45) is 5.81. The summed E-state index contributed by atoms with van der Waals surface area (Å²) < 4.78 is 0. The summed E-state index contributed by atoms with van der Waals surface area (Å²) in [6, 6.07) is 0. The van der Waals surface area contributed by atoms with Crippen LogP contribution in [0, 0.1) is 5.92 Å². The Labute approximate surface area is 103 Å². The van der Waals surface area contributed by atoms with Crippen LogP contribution in [0.4, 0.5) is 0 Å². The third-order valence-corrected chi connectivity index (χ3v) is 2.90. The third-order valence-electron chi connectivity index (χ3n) is 2.90. The van der Waals surface area contributed by atoms with Crippen LogP contribution in [0.15, 0.2) is 0 Å². The summed E-state index contributed by atoms with van der Waals surface area (Å²) in [5.41, 5.74) is 0. The number of carboxylic acids is 1. The van der Waals surface area contributed by atoms with E-state index >= 15 is 0 Å². The molecule has 0 radical (unpaired) electrons. The number of aliphatic carboxylic acids is 1. The molecule has 0 aromatic carbocycles. The van der Waals surface area contributed by atoms with Crippen molar-refractivity contribution in [2.75, 3.05) is 0 Å². The fraction of sp³-hybridized carbons (Fsp3) is 0.846. The molecule has 0 aliphatic carbocycles. The van der Waals surface area contributed by atoms with Crippen LogP contribution in [0.3, 0.4) is 0 Å². The summed E-state index contributed by atoms with van der Waals surface area (Å²) in [6.45, 7) is 3.22. The average molecular weight is 244 g/mol. The number of carbonyl (C=O) groups excluding carboxylic acids is 1. The second kappa shape index (κ2) is 9.16. The molecule has 4 heteroatoms. The van der Waals surface area contributed by atoms with E-state index in [1.807, 2.05) is 0 Å². The molecule has 0 fully saturated rings. The summed E-state index contributed by atoms with van der Waals surface area (Å²) in [5.74, 6) is -2.08. The highest BCUT2D eigenvalue weighted by Gasteiger charge is 2.19. The van der Waals surface area contributed by atoms with Crippen LogP contribution in [0.25, 0.3) is 0 Å². The zero-order chi connectivity index (χ0) is 13.3. The minimum absolute atomic E-state index is 0.179. The molecule has 0 aliphatic rings. The van der Waals surface area contributed by atoms with Gasteiger partial charge in [0.15, 0.2) is 0 Å². The Balaban J connectivity index is 3.40. The zero-order valence-electron chi connectivity index (χ0n) is 10.8. The number of aliphatic hydroxyl groups is 1. The lowest BCUT2D eigenvalue weighted by atomic mass is 10.00. The molecule has 17 heavy (non-hydrogen) atoms. The van der Waals surface area contributed by atoms with E-state index in [0.29, 0.717) is 6.42 Å². The molecule has 0 amide bonds. The van der Waals surface area contributed by atoms with Crippen molar-refractivity contribution in [1.29, 1.82) is 0 Å². The van der Waals surface area contributed by atoms with Crippen LogP contribution in [-0.2, 0) is 9.59 Å². The Bertz CT molecular complexity index is 236. The number of carboxylic acid groups (broad SMARTS) is 1. The van der Waals surface area contributed by atoms with Gasteiger partial charge in [-0.05, 0) is 26.7 Å². The highest BCUT2D eigenvalue weighted by Crippen LogP contribution is 2.11. The smallest absolute Gasteiger partial charge is 0.313 e. The summed E-state index contributed by atoms with van der Waals surface area (Å²) in [5, 5.41) is 17.7. The van der Waals surface area contributed by atoms with E-state index < -0.39 is 11.9 Å². The van der Waals surface area contributed by atoms with Gasteiger partial charge in [-0.1, -0.05) is 25.7 Å². The summed E-state index contributed by atoms with van der Waals surface area (Å²) in [7, 11) is 0. The van der Waals surface area contributed by atoms with E-state index in [-0.39, 0.29) is 11.9 Å². The molecule has 0 heterocycles. The topological polar surface area (TPSA) is 74.6 Å². The number of ketones is 1. The Kier molecular flexibility index (Phi) is 8.68. The van der Waals surface area contributed by atoms with Crippen LogP contribution in [0.5, 0.6) is 0 Å². The summed E-state index contributed by atoms with van der Waals surface area (Å²) in [4.78, 5) is 21.9. The van der Waals surface area contributed by atoms with E-state index in [0.717, 1.165) is 38.5 Å². The zero-order valence-corrected chi connectivity index (χ0v) is 10.8. The van der Waals surface area contributed by atoms with Gasteiger partial charge in [-0.2, -0.15) is 0 Å². The number of hydrogen-bond acceptors (Lipinski definition) is 3. The lowest BCUT2D eigenvalue weighted by molar-refractivity contribution is -0.145. The van der Waals surface area contributed by atoms with Crippen molar-refractivity contribution >= 4 is 11.8 Å². The van der Waals surface area contributed by atoms with Crippen molar-refractivity contribution in [2.24, 2.45) is 5.92 Å². The monoisotopic (exact) mass is 244 g/mol. The van der Waals surface area contributed by atoms with Gasteiger partial charge in [0.2, 0.25) is 0 Å². The molecule has 0 aromatic rings. The van der Waals surface area contributed by atoms with Crippen molar-refractivity contribution in [3.63, 3.8) is 0 Å². The van der Waals surface area contributed by atoms with E-state index in [1.165, 1.54) is 6.92 Å². The van der Waals surface area contributed by atoms with Crippen molar-refractivity contribution in [1.82, 2.24) is 0 Å². The van der Waals surface area contributed by atoms with E-state index in [1.54, 1.807) is 6.92 Å². The Morgan fingerprint density at radius 3 is 2.06 bits per heavy atom. The first kappa shape index (κ1) is 16.1. The molecule has 2 N–H and O–H groups in total. The molecule has 0 aliphatic heterocycles. The minimum atomic E-state index is -1.04. The van der Waals surface area contributed by atoms with Crippen LogP contribution >= 0.6 is 0 Å². The van der Waals surface area contributed by atoms with Crippen LogP contribution < -0.4 is 0 Å². The van der Waals surface area contributed by atoms with Crippen molar-refractivity contribution < 1.29 is 19.8 Å². The Morgan fingerprint density at radius 2 is 1.53 bits per heavy atom. The lowest BCUT2D eigenvalue weighted by Crippen LogP contribution is -2.20. The van der Waals surface area contributed by atoms with Gasteiger partial charge in [-0.15, -0.1) is 0 Å². The minimum Gasteiger partial charge on any atom is -0.481 e. The maximum Gasteiger partial charge on any atom is 0.313 e. The molecule has 0 spiro atoms. The molecule has 2 atom stereocenters. The second-order valence-electron chi connectivity index (χ2n) is 4.68. The normalized spacial score (nSPS) is 14.3. The predicted octanol–water partition coefficient (Wildman–Crippen LogP) is 2.39. The number of rotatable bonds is 10. The average Bonchev–Trinajstić information content (AvgIpc) is 2.25. The first-order valence-electron chi connectivity index (χ1n) is 6.38. The van der Waals surface area contributed by atoms with Gasteiger partial charge in [0.25, 0.3) is 0 Å². The number of Topliss-reactive ketones (excluding diaryl/α,β-unsaturated/α-hetero) is 1. The van der Waals surface area contributed by atoms with Gasteiger partial charge in [0.05, 0.1) is 6.10 Å². The van der Waals surface area contributed by atoms with E-state index in [2.05, 4.69) is 0 Å². The van der Waals surface area contributed by atoms with Crippen LogP contribution in [0.2, 0.25) is 0 Å². The quantitative estimate of drug-likeness (QED) is 0.457. The van der Waals surface area contributed by atoms with Gasteiger partial charge in [0, 0.05) is 6.42 Å². The largest absolute Gasteiger partial charge is 0.481 e. The second-order valence-corrected chi connectivity index (χ2v) is 4.68. The van der Waals surface area contributed by atoms with Gasteiger partial charge in [0.1, 0.15) is 11.7 Å². The highest BCUT2D eigenvalue weighted by molar-refractivity contribution is 5.97. The first-order chi connectivity index (χ1) is 7.95. The van der Waals surface area contributed by atoms with E-state index in [9.17, 15) is 9.59 Å². The fourth-order valence-electron chi connectivity index (χ4n) is 1.62.